The predicted octanol–water partition coefficient (Wildman–Crippen LogP) is 0.920. The molecule has 1 rings (SSSR count). The van der Waals surface area contributed by atoms with Crippen molar-refractivity contribution >= 4 is 0 Å². The zero-order chi connectivity index (χ0) is 8.97. The van der Waals surface area contributed by atoms with Crippen LogP contribution < -0.4 is 10.1 Å². The lowest BCUT2D eigenvalue weighted by Crippen LogP contribution is -2.05. The Kier molecular flexibility index (Phi) is 2.94. The van der Waals surface area contributed by atoms with Crippen molar-refractivity contribution in [2.24, 2.45) is 0 Å². The van der Waals surface area contributed by atoms with Crippen LogP contribution in [-0.4, -0.2) is 19.3 Å². The molecule has 65 valence electrons. The number of hydrogen-bond donors (Lipinski definition) is 2. The SMILES string of the molecule is CNCc1c[c]cc(OC)c1O. The van der Waals surface area contributed by atoms with E-state index in [1.807, 2.05) is 7.05 Å². The summed E-state index contributed by atoms with van der Waals surface area (Å²) < 4.78 is 4.92. The Morgan fingerprint density at radius 3 is 2.92 bits per heavy atom. The van der Waals surface area contributed by atoms with Gasteiger partial charge >= 0.3 is 0 Å². The van der Waals surface area contributed by atoms with Crippen molar-refractivity contribution in [3.8, 4) is 11.5 Å². The van der Waals surface area contributed by atoms with E-state index >= 15 is 0 Å². The third-order valence-corrected chi connectivity index (χ3v) is 1.60. The number of hydrogen-bond acceptors (Lipinski definition) is 3. The molecule has 0 aliphatic heterocycles. The Morgan fingerprint density at radius 2 is 2.33 bits per heavy atom. The van der Waals surface area contributed by atoms with Gasteiger partial charge in [-0.25, -0.2) is 0 Å². The van der Waals surface area contributed by atoms with Crippen LogP contribution in [-0.2, 0) is 6.54 Å². The largest absolute Gasteiger partial charge is 0.504 e. The van der Waals surface area contributed by atoms with Crippen molar-refractivity contribution in [2.75, 3.05) is 14.2 Å². The van der Waals surface area contributed by atoms with Crippen LogP contribution >= 0.6 is 0 Å². The van der Waals surface area contributed by atoms with Crippen LogP contribution in [0.25, 0.3) is 0 Å². The summed E-state index contributed by atoms with van der Waals surface area (Å²) in [5.74, 6) is 0.647. The summed E-state index contributed by atoms with van der Waals surface area (Å²) in [5, 5.41) is 12.5. The molecule has 0 aliphatic rings. The van der Waals surface area contributed by atoms with Crippen molar-refractivity contribution in [2.45, 2.75) is 6.54 Å². The molecular formula is C9H12NO2. The average Bonchev–Trinajstić information content (AvgIpc) is 2.09. The standard InChI is InChI=1S/C9H12NO2/c1-10-6-7-4-3-5-8(12-2)9(7)11/h4-5,10-11H,6H2,1-2H3. The number of nitrogens with one attached hydrogen (secondary N) is 1. The van der Waals surface area contributed by atoms with Gasteiger partial charge in [-0.2, -0.15) is 0 Å². The quantitative estimate of drug-likeness (QED) is 0.701. The minimum absolute atomic E-state index is 0.186. The second kappa shape index (κ2) is 3.97. The number of phenols is 1. The molecule has 1 radical (unpaired) electrons. The van der Waals surface area contributed by atoms with E-state index in [9.17, 15) is 5.11 Å². The Hall–Kier alpha value is -1.22. The fourth-order valence-electron chi connectivity index (χ4n) is 0.994. The summed E-state index contributed by atoms with van der Waals surface area (Å²) in [6.45, 7) is 0.611. The van der Waals surface area contributed by atoms with Gasteiger partial charge in [-0.15, -0.1) is 0 Å². The van der Waals surface area contributed by atoms with Gasteiger partial charge in [0.25, 0.3) is 0 Å². The van der Waals surface area contributed by atoms with Crippen LogP contribution in [0.2, 0.25) is 0 Å². The third-order valence-electron chi connectivity index (χ3n) is 1.60. The normalized spacial score (nSPS) is 9.83. The van der Waals surface area contributed by atoms with Crippen molar-refractivity contribution in [1.82, 2.24) is 5.32 Å². The number of phenolic OH excluding ortho intramolecular Hbond substituents is 1. The van der Waals surface area contributed by atoms with Gasteiger partial charge in [-0.05, 0) is 25.2 Å². The fraction of sp³-hybridized carbons (Fsp3) is 0.333. The number of methoxy groups -OCH3 is 1. The van der Waals surface area contributed by atoms with Gasteiger partial charge in [-0.3, -0.25) is 0 Å². The third kappa shape index (κ3) is 1.68. The maximum absolute atomic E-state index is 9.53. The van der Waals surface area contributed by atoms with Gasteiger partial charge in [-0.1, -0.05) is 0 Å². The first-order valence-electron chi connectivity index (χ1n) is 3.70. The highest BCUT2D eigenvalue weighted by Crippen LogP contribution is 2.28. The molecule has 0 saturated heterocycles. The lowest BCUT2D eigenvalue weighted by molar-refractivity contribution is 0.370. The van der Waals surface area contributed by atoms with Crippen LogP contribution in [0.15, 0.2) is 12.1 Å². The second-order valence-electron chi connectivity index (χ2n) is 2.43. The first-order chi connectivity index (χ1) is 5.79. The topological polar surface area (TPSA) is 41.5 Å². The Labute approximate surface area is 72.0 Å². The molecule has 0 fully saturated rings. The highest BCUT2D eigenvalue weighted by atomic mass is 16.5. The van der Waals surface area contributed by atoms with Gasteiger partial charge in [0.1, 0.15) is 0 Å². The molecule has 0 amide bonds. The van der Waals surface area contributed by atoms with E-state index in [4.69, 9.17) is 4.74 Å². The van der Waals surface area contributed by atoms with E-state index in [0.29, 0.717) is 12.3 Å². The number of ether oxygens (including phenoxy) is 1. The highest BCUT2D eigenvalue weighted by molar-refractivity contribution is 5.44. The van der Waals surface area contributed by atoms with E-state index in [1.54, 1.807) is 12.1 Å². The molecule has 12 heavy (non-hydrogen) atoms. The Balaban J connectivity index is 2.97. The van der Waals surface area contributed by atoms with Crippen LogP contribution in [0.1, 0.15) is 5.56 Å². The van der Waals surface area contributed by atoms with Crippen molar-refractivity contribution in [3.05, 3.63) is 23.8 Å². The molecule has 0 spiro atoms. The van der Waals surface area contributed by atoms with E-state index in [1.165, 1.54) is 7.11 Å². The highest BCUT2D eigenvalue weighted by Gasteiger charge is 2.05. The lowest BCUT2D eigenvalue weighted by atomic mass is 10.2. The predicted molar refractivity (Wildman–Crippen MR) is 46.3 cm³/mol. The van der Waals surface area contributed by atoms with Crippen LogP contribution in [0.3, 0.4) is 0 Å². The summed E-state index contributed by atoms with van der Waals surface area (Å²) in [6, 6.07) is 6.22. The Morgan fingerprint density at radius 1 is 1.58 bits per heavy atom. The van der Waals surface area contributed by atoms with E-state index in [-0.39, 0.29) is 5.75 Å². The van der Waals surface area contributed by atoms with Crippen LogP contribution in [0.5, 0.6) is 11.5 Å². The summed E-state index contributed by atoms with van der Waals surface area (Å²) in [6.07, 6.45) is 0. The summed E-state index contributed by atoms with van der Waals surface area (Å²) in [7, 11) is 3.34. The molecule has 0 unspecified atom stereocenters. The van der Waals surface area contributed by atoms with Gasteiger partial charge in [0.05, 0.1) is 7.11 Å². The van der Waals surface area contributed by atoms with Crippen LogP contribution in [0, 0.1) is 6.07 Å². The van der Waals surface area contributed by atoms with Gasteiger partial charge in [0, 0.05) is 12.1 Å². The molecule has 3 nitrogen and oxygen atoms in total. The zero-order valence-electron chi connectivity index (χ0n) is 7.22. The lowest BCUT2D eigenvalue weighted by Gasteiger charge is -2.07. The molecule has 3 heteroatoms. The molecule has 0 aromatic heterocycles. The van der Waals surface area contributed by atoms with E-state index < -0.39 is 0 Å². The van der Waals surface area contributed by atoms with Crippen molar-refractivity contribution in [1.29, 1.82) is 0 Å². The maximum atomic E-state index is 9.53. The number of benzene rings is 1. The van der Waals surface area contributed by atoms with E-state index in [2.05, 4.69) is 11.4 Å². The number of rotatable bonds is 3. The van der Waals surface area contributed by atoms with Crippen molar-refractivity contribution < 1.29 is 9.84 Å². The summed E-state index contributed by atoms with van der Waals surface area (Å²) in [4.78, 5) is 0. The first kappa shape index (κ1) is 8.87. The fourth-order valence-corrected chi connectivity index (χ4v) is 0.994. The molecule has 0 heterocycles. The average molecular weight is 166 g/mol. The molecule has 1 aromatic rings. The molecule has 0 atom stereocenters. The van der Waals surface area contributed by atoms with Gasteiger partial charge in [0.2, 0.25) is 0 Å². The zero-order valence-corrected chi connectivity index (χ0v) is 7.22. The summed E-state index contributed by atoms with van der Waals surface area (Å²) >= 11 is 0. The molecule has 1 aromatic carbocycles. The summed E-state index contributed by atoms with van der Waals surface area (Å²) in [5.41, 5.74) is 0.789. The minimum Gasteiger partial charge on any atom is -0.504 e. The van der Waals surface area contributed by atoms with Crippen LogP contribution in [0.4, 0.5) is 0 Å². The van der Waals surface area contributed by atoms with Crippen molar-refractivity contribution in [3.63, 3.8) is 0 Å². The monoisotopic (exact) mass is 166 g/mol. The van der Waals surface area contributed by atoms with E-state index in [0.717, 1.165) is 5.56 Å². The van der Waals surface area contributed by atoms with Gasteiger partial charge in [0.15, 0.2) is 11.5 Å². The Bertz CT molecular complexity index is 261. The first-order valence-corrected chi connectivity index (χ1v) is 3.70. The van der Waals surface area contributed by atoms with Gasteiger partial charge < -0.3 is 15.2 Å². The minimum atomic E-state index is 0.186. The molecular weight excluding hydrogens is 154 g/mol. The maximum Gasteiger partial charge on any atom is 0.162 e. The molecule has 0 saturated carbocycles. The molecule has 0 bridgehead atoms. The smallest absolute Gasteiger partial charge is 0.162 e. The second-order valence-corrected chi connectivity index (χ2v) is 2.43. The molecule has 0 aliphatic carbocycles. The number of aromatic hydroxyl groups is 1. The molecule has 2 N–H and O–H groups in total.